The van der Waals surface area contributed by atoms with Gasteiger partial charge in [-0.15, -0.1) is 0 Å². The summed E-state index contributed by atoms with van der Waals surface area (Å²) in [6.07, 6.45) is 2.18. The first kappa shape index (κ1) is 13.1. The first-order valence-corrected chi connectivity index (χ1v) is 8.44. The van der Waals surface area contributed by atoms with Crippen LogP contribution < -0.4 is 5.32 Å². The lowest BCUT2D eigenvalue weighted by Gasteiger charge is -2.06. The van der Waals surface area contributed by atoms with Gasteiger partial charge in [0.25, 0.3) is 0 Å². The highest BCUT2D eigenvalue weighted by Crippen LogP contribution is 2.14. The van der Waals surface area contributed by atoms with E-state index >= 15 is 0 Å². The highest BCUT2D eigenvalue weighted by molar-refractivity contribution is 7.90. The molecule has 1 aromatic heterocycles. The van der Waals surface area contributed by atoms with Gasteiger partial charge < -0.3 is 5.32 Å². The summed E-state index contributed by atoms with van der Waals surface area (Å²) in [7, 11) is -3.10. The van der Waals surface area contributed by atoms with Gasteiger partial charge in [-0.2, -0.15) is 11.3 Å². The molecule has 18 heavy (non-hydrogen) atoms. The Hall–Kier alpha value is -1.33. The van der Waals surface area contributed by atoms with Crippen molar-refractivity contribution in [3.05, 3.63) is 46.7 Å². The van der Waals surface area contributed by atoms with Gasteiger partial charge in [0.2, 0.25) is 0 Å². The maximum atomic E-state index is 11.3. The van der Waals surface area contributed by atoms with E-state index in [1.54, 1.807) is 35.6 Å². The van der Waals surface area contributed by atoms with E-state index in [9.17, 15) is 8.42 Å². The quantitative estimate of drug-likeness (QED) is 0.916. The number of thiophene rings is 1. The minimum Gasteiger partial charge on any atom is -0.385 e. The van der Waals surface area contributed by atoms with Crippen molar-refractivity contribution >= 4 is 26.9 Å². The molecule has 0 atom stereocenters. The maximum absolute atomic E-state index is 11.3. The maximum Gasteiger partial charge on any atom is 0.175 e. The van der Waals surface area contributed by atoms with E-state index < -0.39 is 9.84 Å². The third kappa shape index (κ3) is 3.58. The van der Waals surface area contributed by atoms with Crippen molar-refractivity contribution in [3.8, 4) is 0 Å². The summed E-state index contributed by atoms with van der Waals surface area (Å²) in [6, 6.07) is 8.96. The van der Waals surface area contributed by atoms with Crippen LogP contribution in [0.3, 0.4) is 0 Å². The molecule has 5 heteroatoms. The molecule has 0 aliphatic heterocycles. The van der Waals surface area contributed by atoms with Crippen LogP contribution in [0.1, 0.15) is 5.56 Å². The van der Waals surface area contributed by atoms with E-state index in [2.05, 4.69) is 22.1 Å². The van der Waals surface area contributed by atoms with Gasteiger partial charge in [-0.3, -0.25) is 0 Å². The smallest absolute Gasteiger partial charge is 0.175 e. The van der Waals surface area contributed by atoms with E-state index in [-0.39, 0.29) is 0 Å². The molecule has 1 N–H and O–H groups in total. The van der Waals surface area contributed by atoms with Gasteiger partial charge >= 0.3 is 0 Å². The lowest BCUT2D eigenvalue weighted by molar-refractivity contribution is 0.602. The monoisotopic (exact) mass is 281 g/mol. The number of sulfone groups is 1. The molecule has 0 bridgehead atoms. The Morgan fingerprint density at radius 1 is 1.17 bits per heavy atom. The third-order valence-corrected chi connectivity index (χ3v) is 4.47. The summed E-state index contributed by atoms with van der Waals surface area (Å²) in [5, 5.41) is 7.47. The zero-order valence-electron chi connectivity index (χ0n) is 10.1. The largest absolute Gasteiger partial charge is 0.385 e. The molecule has 1 aromatic carbocycles. The SMILES string of the molecule is CS(=O)(=O)c1ccc(NCCc2ccsc2)cc1. The highest BCUT2D eigenvalue weighted by Gasteiger charge is 2.05. The van der Waals surface area contributed by atoms with E-state index in [4.69, 9.17) is 0 Å². The van der Waals surface area contributed by atoms with Crippen molar-refractivity contribution < 1.29 is 8.42 Å². The van der Waals surface area contributed by atoms with Crippen molar-refractivity contribution in [2.75, 3.05) is 18.1 Å². The Labute approximate surface area is 111 Å². The van der Waals surface area contributed by atoms with E-state index in [1.807, 2.05) is 0 Å². The molecular formula is C13H15NO2S2. The second-order valence-electron chi connectivity index (χ2n) is 4.10. The lowest BCUT2D eigenvalue weighted by Crippen LogP contribution is -2.04. The van der Waals surface area contributed by atoms with Gasteiger partial charge in [-0.1, -0.05) is 0 Å². The van der Waals surface area contributed by atoms with Crippen LogP contribution in [0, 0.1) is 0 Å². The zero-order chi connectivity index (χ0) is 13.0. The van der Waals surface area contributed by atoms with Crippen molar-refractivity contribution in [1.29, 1.82) is 0 Å². The second kappa shape index (κ2) is 5.54. The molecule has 0 aliphatic carbocycles. The minimum absolute atomic E-state index is 0.353. The Balaban J connectivity index is 1.91. The Morgan fingerprint density at radius 2 is 1.89 bits per heavy atom. The zero-order valence-corrected chi connectivity index (χ0v) is 11.7. The van der Waals surface area contributed by atoms with Gasteiger partial charge in [0.1, 0.15) is 0 Å². The van der Waals surface area contributed by atoms with Crippen LogP contribution in [0.4, 0.5) is 5.69 Å². The van der Waals surface area contributed by atoms with Crippen molar-refractivity contribution in [2.45, 2.75) is 11.3 Å². The highest BCUT2D eigenvalue weighted by atomic mass is 32.2. The van der Waals surface area contributed by atoms with E-state index in [1.165, 1.54) is 11.8 Å². The molecule has 96 valence electrons. The van der Waals surface area contributed by atoms with Crippen molar-refractivity contribution in [2.24, 2.45) is 0 Å². The third-order valence-electron chi connectivity index (χ3n) is 2.61. The van der Waals surface area contributed by atoms with Gasteiger partial charge in [0, 0.05) is 18.5 Å². The molecule has 2 aromatic rings. The van der Waals surface area contributed by atoms with Crippen LogP contribution in [-0.2, 0) is 16.3 Å². The average Bonchev–Trinajstić information content (AvgIpc) is 2.82. The summed E-state index contributed by atoms with van der Waals surface area (Å²) in [6.45, 7) is 0.842. The van der Waals surface area contributed by atoms with Crippen LogP contribution >= 0.6 is 11.3 Å². The Kier molecular flexibility index (Phi) is 4.04. The molecule has 3 nitrogen and oxygen atoms in total. The molecule has 0 fully saturated rings. The summed E-state index contributed by atoms with van der Waals surface area (Å²) >= 11 is 1.70. The summed E-state index contributed by atoms with van der Waals surface area (Å²) in [4.78, 5) is 0.353. The molecule has 0 radical (unpaired) electrons. The van der Waals surface area contributed by atoms with Gasteiger partial charge in [-0.05, 0) is 53.1 Å². The Morgan fingerprint density at radius 3 is 2.44 bits per heavy atom. The normalized spacial score (nSPS) is 11.4. The van der Waals surface area contributed by atoms with Crippen molar-refractivity contribution in [1.82, 2.24) is 0 Å². The number of rotatable bonds is 5. The first-order valence-electron chi connectivity index (χ1n) is 5.61. The van der Waals surface area contributed by atoms with Gasteiger partial charge in [0.05, 0.1) is 4.90 Å². The number of hydrogen-bond acceptors (Lipinski definition) is 4. The standard InChI is InChI=1S/C13H15NO2S2/c1-18(15,16)13-4-2-12(3-5-13)14-8-6-11-7-9-17-10-11/h2-5,7,9-10,14H,6,8H2,1H3. The molecule has 0 saturated carbocycles. The molecule has 0 saturated heterocycles. The molecule has 0 spiro atoms. The number of nitrogens with one attached hydrogen (secondary N) is 1. The van der Waals surface area contributed by atoms with Crippen molar-refractivity contribution in [3.63, 3.8) is 0 Å². The molecule has 2 rings (SSSR count). The van der Waals surface area contributed by atoms with Crippen LogP contribution in [0.2, 0.25) is 0 Å². The fourth-order valence-electron chi connectivity index (χ4n) is 1.61. The molecule has 0 amide bonds. The fraction of sp³-hybridized carbons (Fsp3) is 0.231. The first-order chi connectivity index (χ1) is 8.55. The van der Waals surface area contributed by atoms with Crippen LogP contribution in [-0.4, -0.2) is 21.2 Å². The number of hydrogen-bond donors (Lipinski definition) is 1. The molecule has 1 heterocycles. The number of benzene rings is 1. The van der Waals surface area contributed by atoms with Crippen LogP contribution in [0.25, 0.3) is 0 Å². The van der Waals surface area contributed by atoms with E-state index in [0.29, 0.717) is 4.90 Å². The predicted molar refractivity (Wildman–Crippen MR) is 76.1 cm³/mol. The molecular weight excluding hydrogens is 266 g/mol. The second-order valence-corrected chi connectivity index (χ2v) is 6.90. The molecule has 0 aliphatic rings. The Bertz CT molecular complexity index is 586. The lowest BCUT2D eigenvalue weighted by atomic mass is 10.2. The van der Waals surface area contributed by atoms with Gasteiger partial charge in [-0.25, -0.2) is 8.42 Å². The summed E-state index contributed by atoms with van der Waals surface area (Å²) in [5.41, 5.74) is 2.26. The van der Waals surface area contributed by atoms with Gasteiger partial charge in [0.15, 0.2) is 9.84 Å². The average molecular weight is 281 g/mol. The summed E-state index contributed by atoms with van der Waals surface area (Å²) < 4.78 is 22.6. The van der Waals surface area contributed by atoms with Crippen LogP contribution in [0.15, 0.2) is 46.0 Å². The van der Waals surface area contributed by atoms with E-state index in [0.717, 1.165) is 18.7 Å². The predicted octanol–water partition coefficient (Wildman–Crippen LogP) is 2.81. The number of anilines is 1. The minimum atomic E-state index is -3.10. The van der Waals surface area contributed by atoms with Crippen LogP contribution in [0.5, 0.6) is 0 Å². The topological polar surface area (TPSA) is 46.2 Å². The summed E-state index contributed by atoms with van der Waals surface area (Å²) in [5.74, 6) is 0. The fourth-order valence-corrected chi connectivity index (χ4v) is 2.94. The molecule has 0 unspecified atom stereocenters.